The minimum absolute atomic E-state index is 0. The van der Waals surface area contributed by atoms with Gasteiger partial charge in [0.1, 0.15) is 5.75 Å². The van der Waals surface area contributed by atoms with E-state index in [1.54, 1.807) is 7.11 Å². The number of hydrogen-bond donors (Lipinski definition) is 1. The monoisotopic (exact) mass is 388 g/mol. The molecule has 2 aliphatic heterocycles. The van der Waals surface area contributed by atoms with Crippen LogP contribution in [0.2, 0.25) is 0 Å². The molecule has 2 aliphatic rings. The topological polar surface area (TPSA) is 58.6 Å². The highest BCUT2D eigenvalue weighted by Gasteiger charge is 2.33. The van der Waals surface area contributed by atoms with Gasteiger partial charge in [-0.2, -0.15) is 0 Å². The third-order valence-electron chi connectivity index (χ3n) is 5.22. The van der Waals surface area contributed by atoms with Crippen LogP contribution in [0.25, 0.3) is 0 Å². The smallest absolute Gasteiger partial charge is 0.151 e. The largest absolute Gasteiger partial charge is 0.497 e. The predicted molar refractivity (Wildman–Crippen MR) is 103 cm³/mol. The summed E-state index contributed by atoms with van der Waals surface area (Å²) in [5.74, 6) is 2.16. The standard InChI is InChI=1S/C18H28N2O3S.ClH/c1-23-18-4-2-15(3-5-18)12-20(13-16-6-9-19-10-7-16)17-8-11-24(21,22)14-17;/h2-5,16-17,19H,6-14H2,1H3;1H. The average molecular weight is 389 g/mol. The van der Waals surface area contributed by atoms with E-state index < -0.39 is 9.84 Å². The summed E-state index contributed by atoms with van der Waals surface area (Å²) >= 11 is 0. The molecule has 2 heterocycles. The number of nitrogens with one attached hydrogen (secondary N) is 1. The number of nitrogens with zero attached hydrogens (tertiary/aromatic N) is 1. The molecule has 5 nitrogen and oxygen atoms in total. The predicted octanol–water partition coefficient (Wildman–Crippen LogP) is 2.11. The van der Waals surface area contributed by atoms with Crippen LogP contribution in [0.4, 0.5) is 0 Å². The molecule has 2 fully saturated rings. The van der Waals surface area contributed by atoms with E-state index in [0.29, 0.717) is 17.4 Å². The van der Waals surface area contributed by atoms with Crippen molar-refractivity contribution in [3.63, 3.8) is 0 Å². The lowest BCUT2D eigenvalue weighted by molar-refractivity contribution is 0.155. The lowest BCUT2D eigenvalue weighted by Crippen LogP contribution is -2.41. The van der Waals surface area contributed by atoms with Gasteiger partial charge >= 0.3 is 0 Å². The van der Waals surface area contributed by atoms with E-state index >= 15 is 0 Å². The first-order valence-electron chi connectivity index (χ1n) is 8.84. The van der Waals surface area contributed by atoms with Crippen LogP contribution in [0, 0.1) is 5.92 Å². The van der Waals surface area contributed by atoms with E-state index in [2.05, 4.69) is 22.3 Å². The van der Waals surface area contributed by atoms with E-state index in [1.165, 1.54) is 18.4 Å². The number of halogens is 1. The van der Waals surface area contributed by atoms with Crippen molar-refractivity contribution in [2.24, 2.45) is 5.92 Å². The molecule has 0 aliphatic carbocycles. The van der Waals surface area contributed by atoms with Gasteiger partial charge in [-0.05, 0) is 56.0 Å². The molecular weight excluding hydrogens is 360 g/mol. The van der Waals surface area contributed by atoms with Gasteiger partial charge in [0.05, 0.1) is 18.6 Å². The summed E-state index contributed by atoms with van der Waals surface area (Å²) in [5.41, 5.74) is 1.22. The van der Waals surface area contributed by atoms with E-state index in [0.717, 1.165) is 38.3 Å². The maximum Gasteiger partial charge on any atom is 0.151 e. The Bertz CT molecular complexity index is 630. The Morgan fingerprint density at radius 3 is 2.40 bits per heavy atom. The van der Waals surface area contributed by atoms with Crippen LogP contribution in [-0.2, 0) is 16.4 Å². The number of ether oxygens (including phenoxy) is 1. The van der Waals surface area contributed by atoms with Crippen LogP contribution in [0.3, 0.4) is 0 Å². The van der Waals surface area contributed by atoms with Gasteiger partial charge in [-0.1, -0.05) is 12.1 Å². The van der Waals surface area contributed by atoms with Crippen LogP contribution in [0.1, 0.15) is 24.8 Å². The molecule has 1 N–H and O–H groups in total. The molecule has 0 saturated carbocycles. The number of hydrogen-bond acceptors (Lipinski definition) is 5. The molecule has 1 aromatic carbocycles. The zero-order valence-electron chi connectivity index (χ0n) is 14.8. The lowest BCUT2D eigenvalue weighted by atomic mass is 9.96. The van der Waals surface area contributed by atoms with Crippen LogP contribution in [0.15, 0.2) is 24.3 Å². The van der Waals surface area contributed by atoms with Crippen LogP contribution < -0.4 is 10.1 Å². The Hall–Kier alpha value is -0.820. The molecule has 1 unspecified atom stereocenters. The third kappa shape index (κ3) is 5.84. The maximum absolute atomic E-state index is 11.9. The van der Waals surface area contributed by atoms with Gasteiger partial charge in [-0.15, -0.1) is 12.4 Å². The van der Waals surface area contributed by atoms with Crippen molar-refractivity contribution in [3.05, 3.63) is 29.8 Å². The Morgan fingerprint density at radius 1 is 1.16 bits per heavy atom. The summed E-state index contributed by atoms with van der Waals surface area (Å²) in [5, 5.41) is 3.40. The lowest BCUT2D eigenvalue weighted by Gasteiger charge is -2.33. The first kappa shape index (κ1) is 20.5. The quantitative estimate of drug-likeness (QED) is 0.808. The number of sulfone groups is 1. The van der Waals surface area contributed by atoms with Crippen molar-refractivity contribution >= 4 is 22.2 Å². The molecule has 0 radical (unpaired) electrons. The Morgan fingerprint density at radius 2 is 1.84 bits per heavy atom. The normalized spacial score (nSPS) is 23.4. The van der Waals surface area contributed by atoms with Crippen LogP contribution in [-0.4, -0.2) is 57.6 Å². The molecule has 3 rings (SSSR count). The molecule has 0 spiro atoms. The summed E-state index contributed by atoms with van der Waals surface area (Å²) in [6, 6.07) is 8.27. The van der Waals surface area contributed by atoms with E-state index in [4.69, 9.17) is 4.74 Å². The summed E-state index contributed by atoms with van der Waals surface area (Å²) in [6.07, 6.45) is 3.13. The summed E-state index contributed by atoms with van der Waals surface area (Å²) < 4.78 is 29.1. The van der Waals surface area contributed by atoms with E-state index in [9.17, 15) is 8.42 Å². The summed E-state index contributed by atoms with van der Waals surface area (Å²) in [6.45, 7) is 3.95. The maximum atomic E-state index is 11.9. The van der Waals surface area contributed by atoms with Crippen molar-refractivity contribution in [2.45, 2.75) is 31.8 Å². The molecule has 0 aromatic heterocycles. The van der Waals surface area contributed by atoms with Crippen molar-refractivity contribution in [1.29, 1.82) is 0 Å². The highest BCUT2D eigenvalue weighted by Crippen LogP contribution is 2.24. The zero-order chi connectivity index (χ0) is 17.0. The minimum Gasteiger partial charge on any atom is -0.497 e. The number of piperidine rings is 1. The molecule has 142 valence electrons. The molecule has 7 heteroatoms. The zero-order valence-corrected chi connectivity index (χ0v) is 16.4. The Labute approximate surface area is 157 Å². The molecule has 1 aromatic rings. The fourth-order valence-corrected chi connectivity index (χ4v) is 5.53. The molecule has 1 atom stereocenters. The highest BCUT2D eigenvalue weighted by molar-refractivity contribution is 7.91. The summed E-state index contributed by atoms with van der Waals surface area (Å²) in [4.78, 5) is 2.41. The van der Waals surface area contributed by atoms with Gasteiger partial charge in [-0.25, -0.2) is 8.42 Å². The van der Waals surface area contributed by atoms with Gasteiger partial charge in [-0.3, -0.25) is 4.90 Å². The number of methoxy groups -OCH3 is 1. The molecular formula is C18H29ClN2O3S. The number of benzene rings is 1. The summed E-state index contributed by atoms with van der Waals surface area (Å²) in [7, 11) is -1.19. The van der Waals surface area contributed by atoms with Gasteiger partial charge < -0.3 is 10.1 Å². The molecule has 25 heavy (non-hydrogen) atoms. The van der Waals surface area contributed by atoms with Crippen molar-refractivity contribution in [3.8, 4) is 5.75 Å². The van der Waals surface area contributed by atoms with Crippen LogP contribution in [0.5, 0.6) is 5.75 Å². The van der Waals surface area contributed by atoms with Gasteiger partial charge in [0.25, 0.3) is 0 Å². The van der Waals surface area contributed by atoms with Gasteiger partial charge in [0, 0.05) is 19.1 Å². The number of rotatable bonds is 6. The van der Waals surface area contributed by atoms with Gasteiger partial charge in [0.2, 0.25) is 0 Å². The second-order valence-electron chi connectivity index (χ2n) is 7.03. The molecule has 2 saturated heterocycles. The van der Waals surface area contributed by atoms with E-state index in [-0.39, 0.29) is 18.4 Å². The second-order valence-corrected chi connectivity index (χ2v) is 9.26. The van der Waals surface area contributed by atoms with Crippen molar-refractivity contribution < 1.29 is 13.2 Å². The van der Waals surface area contributed by atoms with Crippen LogP contribution >= 0.6 is 12.4 Å². The SMILES string of the molecule is COc1ccc(CN(CC2CCNCC2)C2CCS(=O)(=O)C2)cc1.Cl. The van der Waals surface area contributed by atoms with Crippen molar-refractivity contribution in [1.82, 2.24) is 10.2 Å². The highest BCUT2D eigenvalue weighted by atomic mass is 35.5. The Balaban J connectivity index is 0.00000225. The third-order valence-corrected chi connectivity index (χ3v) is 6.97. The molecule has 0 bridgehead atoms. The Kier molecular flexibility index (Phi) is 7.55. The fraction of sp³-hybridized carbons (Fsp3) is 0.667. The average Bonchev–Trinajstić information content (AvgIpc) is 2.96. The second kappa shape index (κ2) is 9.21. The first-order chi connectivity index (χ1) is 11.6. The first-order valence-corrected chi connectivity index (χ1v) is 10.7. The fourth-order valence-electron chi connectivity index (χ4n) is 3.77. The van der Waals surface area contributed by atoms with Gasteiger partial charge in [0.15, 0.2) is 9.84 Å². The minimum atomic E-state index is -2.86. The van der Waals surface area contributed by atoms with Crippen molar-refractivity contribution in [2.75, 3.05) is 38.2 Å². The molecule has 0 amide bonds. The van der Waals surface area contributed by atoms with E-state index in [1.807, 2.05) is 12.1 Å².